The third-order valence-corrected chi connectivity index (χ3v) is 13.0. The summed E-state index contributed by atoms with van der Waals surface area (Å²) in [4.78, 5) is 0. The van der Waals surface area contributed by atoms with E-state index >= 15 is 4.39 Å². The number of ether oxygens (including phenoxy) is 2. The molecule has 2 aliphatic rings. The van der Waals surface area contributed by atoms with Crippen LogP contribution < -0.4 is 25.9 Å². The first kappa shape index (κ1) is 32.9. The maximum absolute atomic E-state index is 15.4. The Morgan fingerprint density at radius 2 is 0.787 bits per heavy atom. The molecule has 0 atom stereocenters. The molecule has 0 radical (unpaired) electrons. The predicted molar refractivity (Wildman–Crippen MR) is 247 cm³/mol. The molecular weight excluding hydrogens is 752 g/mol. The van der Waals surface area contributed by atoms with Gasteiger partial charge in [0.1, 0.15) is 28.8 Å². The highest BCUT2D eigenvalue weighted by Crippen LogP contribution is 2.51. The van der Waals surface area contributed by atoms with Crippen LogP contribution in [0, 0.1) is 5.82 Å². The van der Waals surface area contributed by atoms with Crippen molar-refractivity contribution in [2.45, 2.75) is 0 Å². The van der Waals surface area contributed by atoms with Crippen LogP contribution in [0.2, 0.25) is 0 Å². The van der Waals surface area contributed by atoms with Crippen LogP contribution in [0.3, 0.4) is 0 Å². The molecule has 0 saturated carbocycles. The average molecular weight is 784 g/mol. The molecule has 0 spiro atoms. The Morgan fingerprint density at radius 3 is 1.31 bits per heavy atom. The van der Waals surface area contributed by atoms with Crippen LogP contribution in [0.15, 0.2) is 188 Å². The molecule has 0 aliphatic carbocycles. The van der Waals surface area contributed by atoms with Crippen molar-refractivity contribution in [2.24, 2.45) is 0 Å². The highest BCUT2D eigenvalue weighted by molar-refractivity contribution is 6.98. The molecule has 7 heteroatoms. The van der Waals surface area contributed by atoms with Crippen molar-refractivity contribution in [2.75, 3.05) is 0 Å². The third-order valence-electron chi connectivity index (χ3n) is 13.0. The minimum Gasteiger partial charge on any atom is -0.458 e. The van der Waals surface area contributed by atoms with E-state index in [9.17, 15) is 0 Å². The first-order chi connectivity index (χ1) is 30.2. The van der Waals surface area contributed by atoms with Crippen LogP contribution in [0.1, 0.15) is 0 Å². The van der Waals surface area contributed by atoms with E-state index in [1.807, 2.05) is 18.2 Å². The first-order valence-electron chi connectivity index (χ1n) is 20.7. The molecule has 14 rings (SSSR count). The number of hydrogen-bond acceptors (Lipinski definition) is 2. The van der Waals surface area contributed by atoms with Crippen molar-refractivity contribution in [1.29, 1.82) is 0 Å². The fraction of sp³-hybridized carbons (Fsp3) is 0. The number of aromatic nitrogens is 3. The Hall–Kier alpha value is -8.03. The summed E-state index contributed by atoms with van der Waals surface area (Å²) in [6, 6.07) is 64.6. The Labute approximate surface area is 348 Å². The van der Waals surface area contributed by atoms with E-state index in [4.69, 9.17) is 9.47 Å². The van der Waals surface area contributed by atoms with E-state index in [1.54, 1.807) is 12.1 Å². The van der Waals surface area contributed by atoms with Gasteiger partial charge in [-0.15, -0.1) is 0 Å². The highest BCUT2D eigenvalue weighted by atomic mass is 19.1. The lowest BCUT2D eigenvalue weighted by Gasteiger charge is -2.33. The summed E-state index contributed by atoms with van der Waals surface area (Å²) >= 11 is 0. The fourth-order valence-corrected chi connectivity index (χ4v) is 10.7. The van der Waals surface area contributed by atoms with Gasteiger partial charge in [-0.2, -0.15) is 0 Å². The van der Waals surface area contributed by atoms with Crippen LogP contribution in [-0.4, -0.2) is 20.4 Å². The SMILES string of the molecule is Fc1cccc(-n2c3ccccc3c3c4c(c5ccccc5n4-c4ccccc4)c4c(c5ccccc5n4-c4cc5c6c(c4)Oc4ccccc4B6c4ccccc4O5)c32)c1. The number of rotatable bonds is 3. The van der Waals surface area contributed by atoms with E-state index in [0.29, 0.717) is 0 Å². The molecule has 0 amide bonds. The maximum atomic E-state index is 15.4. The second-order valence-corrected chi connectivity index (χ2v) is 16.1. The normalized spacial score (nSPS) is 12.9. The second kappa shape index (κ2) is 12.0. The number of benzene rings is 9. The van der Waals surface area contributed by atoms with Gasteiger partial charge in [0, 0.05) is 61.3 Å². The smallest absolute Gasteiger partial charge is 0.260 e. The molecule has 3 aromatic heterocycles. The zero-order valence-electron chi connectivity index (χ0n) is 32.5. The summed E-state index contributed by atoms with van der Waals surface area (Å²) in [7, 11) is 0. The van der Waals surface area contributed by atoms with Crippen molar-refractivity contribution < 1.29 is 13.9 Å². The monoisotopic (exact) mass is 783 g/mol. The Morgan fingerprint density at radius 1 is 0.361 bits per heavy atom. The minimum absolute atomic E-state index is 0.0377. The summed E-state index contributed by atoms with van der Waals surface area (Å²) in [5.41, 5.74) is 12.3. The van der Waals surface area contributed by atoms with E-state index in [-0.39, 0.29) is 12.5 Å². The average Bonchev–Trinajstić information content (AvgIpc) is 3.95. The molecule has 9 aromatic carbocycles. The van der Waals surface area contributed by atoms with Gasteiger partial charge >= 0.3 is 0 Å². The highest BCUT2D eigenvalue weighted by Gasteiger charge is 2.40. The van der Waals surface area contributed by atoms with Crippen LogP contribution in [0.5, 0.6) is 23.0 Å². The quantitative estimate of drug-likeness (QED) is 0.167. The van der Waals surface area contributed by atoms with Crippen LogP contribution in [0.25, 0.3) is 82.5 Å². The van der Waals surface area contributed by atoms with Crippen molar-refractivity contribution in [3.05, 3.63) is 194 Å². The summed E-state index contributed by atoms with van der Waals surface area (Å²) in [6.45, 7) is -0.0377. The number of para-hydroxylation sites is 6. The second-order valence-electron chi connectivity index (χ2n) is 16.1. The molecule has 5 heterocycles. The van der Waals surface area contributed by atoms with Gasteiger partial charge < -0.3 is 23.2 Å². The molecule has 2 aliphatic heterocycles. The molecule has 0 fully saturated rings. The number of hydrogen-bond donors (Lipinski definition) is 0. The van der Waals surface area contributed by atoms with Gasteiger partial charge in [0.15, 0.2) is 0 Å². The van der Waals surface area contributed by atoms with Gasteiger partial charge in [0.05, 0.1) is 38.8 Å². The number of halogens is 1. The van der Waals surface area contributed by atoms with Crippen LogP contribution >= 0.6 is 0 Å². The van der Waals surface area contributed by atoms with Gasteiger partial charge in [0.2, 0.25) is 0 Å². The van der Waals surface area contributed by atoms with Crippen molar-refractivity contribution in [3.8, 4) is 40.1 Å². The molecule has 0 saturated heterocycles. The topological polar surface area (TPSA) is 33.2 Å². The molecule has 61 heavy (non-hydrogen) atoms. The summed E-state index contributed by atoms with van der Waals surface area (Å²) in [5, 5.41) is 6.62. The Kier molecular flexibility index (Phi) is 6.48. The van der Waals surface area contributed by atoms with Gasteiger partial charge in [-0.25, -0.2) is 4.39 Å². The lowest BCUT2D eigenvalue weighted by molar-refractivity contribution is 0.464. The minimum atomic E-state index is -0.286. The lowest BCUT2D eigenvalue weighted by atomic mass is 9.35. The maximum Gasteiger partial charge on any atom is 0.260 e. The molecule has 12 aromatic rings. The lowest BCUT2D eigenvalue weighted by Crippen LogP contribution is -2.57. The Bertz CT molecular complexity index is 3790. The number of nitrogens with zero attached hydrogens (tertiary/aromatic N) is 3. The first-order valence-corrected chi connectivity index (χ1v) is 20.7. The van der Waals surface area contributed by atoms with Crippen molar-refractivity contribution in [1.82, 2.24) is 13.7 Å². The number of fused-ring (bicyclic) bond motifs is 16. The van der Waals surface area contributed by atoms with Crippen LogP contribution in [-0.2, 0) is 0 Å². The van der Waals surface area contributed by atoms with E-state index < -0.39 is 0 Å². The standard InChI is InChI=1S/C54H31BFN3O2/c56-32-15-14-18-34(29-32)58-42-25-10-5-20-37(42)48-52-49(36-19-4-9-24-41(36)57(52)33-16-2-1-3-17-33)54-50(53(48)58)38-21-6-11-26-43(38)59(54)35-30-46-51-47(31-35)61-45-28-13-8-23-40(45)55(51)39-22-7-12-27-44(39)60-46/h1-31H. The molecule has 5 nitrogen and oxygen atoms in total. The zero-order chi connectivity index (χ0) is 39.9. The zero-order valence-corrected chi connectivity index (χ0v) is 32.5. The van der Waals surface area contributed by atoms with Gasteiger partial charge in [0.25, 0.3) is 6.71 Å². The summed E-state index contributed by atoms with van der Waals surface area (Å²) in [5.74, 6) is 2.95. The van der Waals surface area contributed by atoms with Crippen LogP contribution in [0.4, 0.5) is 4.39 Å². The molecule has 284 valence electrons. The molecule has 0 bridgehead atoms. The predicted octanol–water partition coefficient (Wildman–Crippen LogP) is 11.8. The summed E-state index contributed by atoms with van der Waals surface area (Å²) in [6.07, 6.45) is 0. The van der Waals surface area contributed by atoms with E-state index in [2.05, 4.69) is 165 Å². The largest absolute Gasteiger partial charge is 0.458 e. The fourth-order valence-electron chi connectivity index (χ4n) is 10.7. The Balaban J connectivity index is 1.22. The van der Waals surface area contributed by atoms with Gasteiger partial charge in [-0.3, -0.25) is 0 Å². The van der Waals surface area contributed by atoms with E-state index in [1.165, 1.54) is 6.07 Å². The van der Waals surface area contributed by atoms with Gasteiger partial charge in [-0.05, 0) is 71.6 Å². The molecule has 0 N–H and O–H groups in total. The van der Waals surface area contributed by atoms with Crippen molar-refractivity contribution >= 4 is 88.5 Å². The van der Waals surface area contributed by atoms with E-state index in [0.717, 1.165) is 122 Å². The third kappa shape index (κ3) is 4.34. The summed E-state index contributed by atoms with van der Waals surface area (Å²) < 4.78 is 36.3. The van der Waals surface area contributed by atoms with Crippen molar-refractivity contribution in [3.63, 3.8) is 0 Å². The molecule has 0 unspecified atom stereocenters. The van der Waals surface area contributed by atoms with Gasteiger partial charge in [-0.1, -0.05) is 115 Å². The molecular formula is C54H31BFN3O2.